The third kappa shape index (κ3) is 1.74. The van der Waals surface area contributed by atoms with Gasteiger partial charge in [0, 0.05) is 17.9 Å². The third-order valence-electron chi connectivity index (χ3n) is 2.08. The van der Waals surface area contributed by atoms with E-state index in [9.17, 15) is 0 Å². The van der Waals surface area contributed by atoms with Crippen LogP contribution in [0.15, 0.2) is 36.7 Å². The van der Waals surface area contributed by atoms with E-state index in [0.29, 0.717) is 0 Å². The summed E-state index contributed by atoms with van der Waals surface area (Å²) in [6, 6.07) is 8.33. The molecule has 0 spiro atoms. The summed E-state index contributed by atoms with van der Waals surface area (Å²) in [4.78, 5) is 0. The summed E-state index contributed by atoms with van der Waals surface area (Å²) >= 11 is 0. The first-order valence-electron chi connectivity index (χ1n) is 4.90. The van der Waals surface area contributed by atoms with Crippen LogP contribution in [-0.2, 0) is 0 Å². The predicted molar refractivity (Wildman–Crippen MR) is 60.8 cm³/mol. The second kappa shape index (κ2) is 3.05. The molecule has 0 saturated heterocycles. The number of aromatic nitrogens is 1. The van der Waals surface area contributed by atoms with Gasteiger partial charge >= 0.3 is 0 Å². The van der Waals surface area contributed by atoms with E-state index in [1.165, 1.54) is 11.2 Å². The molecule has 0 aliphatic heterocycles. The van der Waals surface area contributed by atoms with Crippen LogP contribution in [0.5, 0.6) is 0 Å². The van der Waals surface area contributed by atoms with Crippen molar-refractivity contribution in [3.05, 3.63) is 36.7 Å². The molecule has 0 aliphatic rings. The van der Waals surface area contributed by atoms with Gasteiger partial charge in [-0.3, -0.25) is 0 Å². The van der Waals surface area contributed by atoms with E-state index < -0.39 is 0 Å². The van der Waals surface area contributed by atoms with Gasteiger partial charge in [-0.1, -0.05) is 6.07 Å². The van der Waals surface area contributed by atoms with Crippen LogP contribution in [0, 0.1) is 0 Å². The highest BCUT2D eigenvalue weighted by atomic mass is 15.0. The minimum atomic E-state index is 0.109. The predicted octanol–water partition coefficient (Wildman–Crippen LogP) is 3.15. The molecule has 0 atom stereocenters. The first kappa shape index (κ1) is 9.13. The van der Waals surface area contributed by atoms with Crippen molar-refractivity contribution in [3.8, 4) is 0 Å². The SMILES string of the molecule is CC(C)(C)Nc1ccn2ccccc12. The fourth-order valence-electron chi connectivity index (χ4n) is 1.56. The molecule has 2 rings (SSSR count). The maximum atomic E-state index is 3.48. The number of anilines is 1. The zero-order valence-corrected chi connectivity index (χ0v) is 8.91. The Kier molecular flexibility index (Phi) is 1.99. The lowest BCUT2D eigenvalue weighted by atomic mass is 10.1. The molecule has 2 aromatic rings. The molecular formula is C12H16N2. The van der Waals surface area contributed by atoms with E-state index in [4.69, 9.17) is 0 Å². The first-order valence-corrected chi connectivity index (χ1v) is 4.90. The molecule has 0 fully saturated rings. The van der Waals surface area contributed by atoms with Crippen molar-refractivity contribution in [2.24, 2.45) is 0 Å². The molecule has 1 N–H and O–H groups in total. The molecule has 0 amide bonds. The number of nitrogens with one attached hydrogen (secondary N) is 1. The van der Waals surface area contributed by atoms with Gasteiger partial charge in [-0.15, -0.1) is 0 Å². The van der Waals surface area contributed by atoms with Gasteiger partial charge in [-0.25, -0.2) is 0 Å². The van der Waals surface area contributed by atoms with Gasteiger partial charge in [-0.2, -0.15) is 0 Å². The Morgan fingerprint density at radius 2 is 1.86 bits per heavy atom. The van der Waals surface area contributed by atoms with Crippen LogP contribution in [0.2, 0.25) is 0 Å². The molecule has 2 aromatic heterocycles. The summed E-state index contributed by atoms with van der Waals surface area (Å²) in [6.07, 6.45) is 4.13. The molecule has 2 nitrogen and oxygen atoms in total. The number of nitrogens with zero attached hydrogens (tertiary/aromatic N) is 1. The fraction of sp³-hybridized carbons (Fsp3) is 0.333. The fourth-order valence-corrected chi connectivity index (χ4v) is 1.56. The lowest BCUT2D eigenvalue weighted by molar-refractivity contribution is 0.635. The van der Waals surface area contributed by atoms with E-state index in [1.54, 1.807) is 0 Å². The Hall–Kier alpha value is -1.44. The number of rotatable bonds is 1. The van der Waals surface area contributed by atoms with Crippen molar-refractivity contribution in [2.45, 2.75) is 26.3 Å². The van der Waals surface area contributed by atoms with Crippen LogP contribution in [0.25, 0.3) is 5.52 Å². The van der Waals surface area contributed by atoms with Gasteiger partial charge in [0.05, 0.1) is 11.2 Å². The summed E-state index contributed by atoms with van der Waals surface area (Å²) in [5, 5.41) is 3.48. The van der Waals surface area contributed by atoms with Crippen molar-refractivity contribution in [1.82, 2.24) is 4.40 Å². The smallest absolute Gasteiger partial charge is 0.0683 e. The molecule has 0 unspecified atom stereocenters. The lowest BCUT2D eigenvalue weighted by Gasteiger charge is -2.21. The number of hydrogen-bond acceptors (Lipinski definition) is 1. The number of pyridine rings is 1. The van der Waals surface area contributed by atoms with E-state index >= 15 is 0 Å². The largest absolute Gasteiger partial charge is 0.379 e. The van der Waals surface area contributed by atoms with Crippen molar-refractivity contribution in [3.63, 3.8) is 0 Å². The Morgan fingerprint density at radius 1 is 1.07 bits per heavy atom. The van der Waals surface area contributed by atoms with Crippen molar-refractivity contribution < 1.29 is 0 Å². The topological polar surface area (TPSA) is 16.4 Å². The summed E-state index contributed by atoms with van der Waals surface area (Å²) in [6.45, 7) is 6.50. The molecular weight excluding hydrogens is 172 g/mol. The Bertz CT molecular complexity index is 435. The Balaban J connectivity index is 2.44. The van der Waals surface area contributed by atoms with Crippen molar-refractivity contribution in [1.29, 1.82) is 0 Å². The molecule has 2 heterocycles. The molecule has 0 aromatic carbocycles. The lowest BCUT2D eigenvalue weighted by Crippen LogP contribution is -2.25. The van der Waals surface area contributed by atoms with E-state index in [-0.39, 0.29) is 5.54 Å². The van der Waals surface area contributed by atoms with E-state index in [2.05, 4.69) is 61.1 Å². The molecule has 0 saturated carbocycles. The van der Waals surface area contributed by atoms with Gasteiger partial charge < -0.3 is 9.72 Å². The first-order chi connectivity index (χ1) is 6.56. The molecule has 0 bridgehead atoms. The monoisotopic (exact) mass is 188 g/mol. The van der Waals surface area contributed by atoms with Gasteiger partial charge in [0.2, 0.25) is 0 Å². The van der Waals surface area contributed by atoms with Gasteiger partial charge in [0.15, 0.2) is 0 Å². The van der Waals surface area contributed by atoms with Crippen LogP contribution < -0.4 is 5.32 Å². The van der Waals surface area contributed by atoms with Crippen LogP contribution in [0.4, 0.5) is 5.69 Å². The van der Waals surface area contributed by atoms with Crippen molar-refractivity contribution >= 4 is 11.2 Å². The average molecular weight is 188 g/mol. The average Bonchev–Trinajstić information content (AvgIpc) is 2.47. The summed E-state index contributed by atoms with van der Waals surface area (Å²) in [5.41, 5.74) is 2.53. The molecule has 2 heteroatoms. The second-order valence-corrected chi connectivity index (χ2v) is 4.60. The molecule has 0 radical (unpaired) electrons. The Labute approximate surface area is 84.6 Å². The number of hydrogen-bond donors (Lipinski definition) is 1. The van der Waals surface area contributed by atoms with Crippen LogP contribution in [0.3, 0.4) is 0 Å². The summed E-state index contributed by atoms with van der Waals surface area (Å²) in [7, 11) is 0. The minimum absolute atomic E-state index is 0.109. The zero-order chi connectivity index (χ0) is 10.2. The van der Waals surface area contributed by atoms with E-state index in [1.807, 2.05) is 6.07 Å². The van der Waals surface area contributed by atoms with Crippen LogP contribution >= 0.6 is 0 Å². The van der Waals surface area contributed by atoms with Crippen molar-refractivity contribution in [2.75, 3.05) is 5.32 Å². The molecule has 14 heavy (non-hydrogen) atoms. The normalized spacial score (nSPS) is 11.9. The Morgan fingerprint density at radius 3 is 2.57 bits per heavy atom. The molecule has 74 valence electrons. The zero-order valence-electron chi connectivity index (χ0n) is 8.91. The second-order valence-electron chi connectivity index (χ2n) is 4.60. The molecule has 0 aliphatic carbocycles. The number of fused-ring (bicyclic) bond motifs is 1. The van der Waals surface area contributed by atoms with Gasteiger partial charge in [-0.05, 0) is 39.0 Å². The highest BCUT2D eigenvalue weighted by molar-refractivity contribution is 5.73. The highest BCUT2D eigenvalue weighted by Crippen LogP contribution is 2.21. The van der Waals surface area contributed by atoms with Crippen LogP contribution in [-0.4, -0.2) is 9.94 Å². The summed E-state index contributed by atoms with van der Waals surface area (Å²) < 4.78 is 2.12. The van der Waals surface area contributed by atoms with Gasteiger partial charge in [0.25, 0.3) is 0 Å². The standard InChI is InChI=1S/C12H16N2/c1-12(2,3)13-10-7-9-14-8-5-4-6-11(10)14/h4-9,13H,1-3H3. The minimum Gasteiger partial charge on any atom is -0.379 e. The van der Waals surface area contributed by atoms with E-state index in [0.717, 1.165) is 0 Å². The summed E-state index contributed by atoms with van der Waals surface area (Å²) in [5.74, 6) is 0. The third-order valence-corrected chi connectivity index (χ3v) is 2.08. The van der Waals surface area contributed by atoms with Crippen LogP contribution in [0.1, 0.15) is 20.8 Å². The quantitative estimate of drug-likeness (QED) is 0.727. The highest BCUT2D eigenvalue weighted by Gasteiger charge is 2.11. The maximum absolute atomic E-state index is 3.48. The van der Waals surface area contributed by atoms with Gasteiger partial charge in [0.1, 0.15) is 0 Å². The maximum Gasteiger partial charge on any atom is 0.0683 e.